The molecule has 0 aliphatic rings. The molecule has 2 aromatic rings. The predicted molar refractivity (Wildman–Crippen MR) is 72.7 cm³/mol. The first kappa shape index (κ1) is 12.5. The van der Waals surface area contributed by atoms with Gasteiger partial charge in [0, 0.05) is 17.3 Å². The second-order valence-corrected chi connectivity index (χ2v) is 4.69. The van der Waals surface area contributed by atoms with E-state index in [-0.39, 0.29) is 0 Å². The molecule has 0 aliphatic carbocycles. The predicted octanol–water partition coefficient (Wildman–Crippen LogP) is 3.58. The fourth-order valence-corrected chi connectivity index (χ4v) is 2.25. The minimum atomic E-state index is 0.498. The van der Waals surface area contributed by atoms with Crippen molar-refractivity contribution in [3.05, 3.63) is 36.1 Å². The Morgan fingerprint density at radius 1 is 1.35 bits per heavy atom. The van der Waals surface area contributed by atoms with Crippen LogP contribution in [0.1, 0.15) is 18.4 Å². The van der Waals surface area contributed by atoms with Gasteiger partial charge in [-0.2, -0.15) is 0 Å². The third kappa shape index (κ3) is 3.24. The lowest BCUT2D eigenvalue weighted by molar-refractivity contribution is 0.515. The Balaban J connectivity index is 2.05. The van der Waals surface area contributed by atoms with Gasteiger partial charge in [-0.15, -0.1) is 11.6 Å². The molecule has 0 spiro atoms. The molecule has 0 fully saturated rings. The number of benzene rings is 1. The van der Waals surface area contributed by atoms with Crippen molar-refractivity contribution in [3.8, 4) is 0 Å². The first-order valence-electron chi connectivity index (χ1n) is 6.03. The number of fused-ring (bicyclic) bond motifs is 1. The van der Waals surface area contributed by atoms with Gasteiger partial charge < -0.3 is 9.73 Å². The maximum atomic E-state index is 5.73. The van der Waals surface area contributed by atoms with Crippen molar-refractivity contribution in [1.82, 2.24) is 5.32 Å². The molecule has 92 valence electrons. The van der Waals surface area contributed by atoms with Gasteiger partial charge in [-0.3, -0.25) is 0 Å². The monoisotopic (exact) mass is 251 g/mol. The van der Waals surface area contributed by atoms with Crippen molar-refractivity contribution < 1.29 is 4.42 Å². The Morgan fingerprint density at radius 2 is 2.24 bits per heavy atom. The van der Waals surface area contributed by atoms with Gasteiger partial charge in [0.2, 0.25) is 0 Å². The Bertz CT molecular complexity index is 466. The van der Waals surface area contributed by atoms with Crippen molar-refractivity contribution in [2.45, 2.75) is 25.3 Å². The van der Waals surface area contributed by atoms with Crippen LogP contribution in [0.5, 0.6) is 0 Å². The highest BCUT2D eigenvalue weighted by molar-refractivity contribution is 6.17. The lowest BCUT2D eigenvalue weighted by Crippen LogP contribution is -2.27. The minimum Gasteiger partial charge on any atom is -0.464 e. The standard InChI is InChI=1S/C14H18ClNO/c1-16-13(3-2-7-15)10-11-4-5-14-12(9-11)6-8-17-14/h4-6,8-9,13,16H,2-3,7,10H2,1H3. The molecule has 1 atom stereocenters. The molecule has 0 radical (unpaired) electrons. The largest absolute Gasteiger partial charge is 0.464 e. The molecule has 0 bridgehead atoms. The van der Waals surface area contributed by atoms with Crippen LogP contribution < -0.4 is 5.32 Å². The zero-order valence-electron chi connectivity index (χ0n) is 10.1. The summed E-state index contributed by atoms with van der Waals surface area (Å²) in [5.41, 5.74) is 2.29. The summed E-state index contributed by atoms with van der Waals surface area (Å²) in [7, 11) is 2.01. The van der Waals surface area contributed by atoms with E-state index in [2.05, 4.69) is 17.4 Å². The van der Waals surface area contributed by atoms with E-state index in [1.165, 1.54) is 10.9 Å². The maximum Gasteiger partial charge on any atom is 0.133 e. The average molecular weight is 252 g/mol. The lowest BCUT2D eigenvalue weighted by atomic mass is 10.0. The van der Waals surface area contributed by atoms with E-state index in [4.69, 9.17) is 16.0 Å². The summed E-state index contributed by atoms with van der Waals surface area (Å²) in [6.45, 7) is 0. The Morgan fingerprint density at radius 3 is 3.00 bits per heavy atom. The summed E-state index contributed by atoms with van der Waals surface area (Å²) in [4.78, 5) is 0. The first-order chi connectivity index (χ1) is 8.33. The third-order valence-corrected chi connectivity index (χ3v) is 3.36. The van der Waals surface area contributed by atoms with Crippen LogP contribution >= 0.6 is 11.6 Å². The molecule has 1 aromatic heterocycles. The second-order valence-electron chi connectivity index (χ2n) is 4.31. The van der Waals surface area contributed by atoms with E-state index in [0.717, 1.165) is 30.7 Å². The highest BCUT2D eigenvalue weighted by Gasteiger charge is 2.07. The van der Waals surface area contributed by atoms with Crippen LogP contribution in [-0.4, -0.2) is 19.0 Å². The number of nitrogens with one attached hydrogen (secondary N) is 1. The number of rotatable bonds is 6. The van der Waals surface area contributed by atoms with Crippen LogP contribution in [0.2, 0.25) is 0 Å². The van der Waals surface area contributed by atoms with Crippen LogP contribution in [0.3, 0.4) is 0 Å². The molecule has 1 heterocycles. The molecule has 2 rings (SSSR count). The van der Waals surface area contributed by atoms with Crippen molar-refractivity contribution in [1.29, 1.82) is 0 Å². The fourth-order valence-electron chi connectivity index (χ4n) is 2.10. The van der Waals surface area contributed by atoms with E-state index in [0.29, 0.717) is 6.04 Å². The summed E-state index contributed by atoms with van der Waals surface area (Å²) in [5, 5.41) is 4.52. The number of halogens is 1. The van der Waals surface area contributed by atoms with Crippen LogP contribution in [0.15, 0.2) is 34.9 Å². The van der Waals surface area contributed by atoms with E-state index < -0.39 is 0 Å². The quantitative estimate of drug-likeness (QED) is 0.794. The second kappa shape index (κ2) is 6.08. The van der Waals surface area contributed by atoms with Gasteiger partial charge in [0.1, 0.15) is 5.58 Å². The van der Waals surface area contributed by atoms with E-state index in [9.17, 15) is 0 Å². The van der Waals surface area contributed by atoms with Gasteiger partial charge in [-0.25, -0.2) is 0 Å². The molecule has 1 unspecified atom stereocenters. The number of hydrogen-bond donors (Lipinski definition) is 1. The average Bonchev–Trinajstić information content (AvgIpc) is 2.81. The Kier molecular flexibility index (Phi) is 4.46. The molecule has 0 saturated heterocycles. The highest BCUT2D eigenvalue weighted by Crippen LogP contribution is 2.18. The number of hydrogen-bond acceptors (Lipinski definition) is 2. The van der Waals surface area contributed by atoms with Gasteiger partial charge in [0.25, 0.3) is 0 Å². The van der Waals surface area contributed by atoms with E-state index >= 15 is 0 Å². The molecule has 17 heavy (non-hydrogen) atoms. The summed E-state index contributed by atoms with van der Waals surface area (Å²) in [6, 6.07) is 8.88. The van der Waals surface area contributed by atoms with Crippen molar-refractivity contribution in [2.24, 2.45) is 0 Å². The normalized spacial score (nSPS) is 13.1. The maximum absolute atomic E-state index is 5.73. The van der Waals surface area contributed by atoms with Gasteiger partial charge >= 0.3 is 0 Å². The molecule has 0 aliphatic heterocycles. The molecule has 2 nitrogen and oxygen atoms in total. The van der Waals surface area contributed by atoms with E-state index in [1.54, 1.807) is 6.26 Å². The molecule has 0 amide bonds. The summed E-state index contributed by atoms with van der Waals surface area (Å²) >= 11 is 5.73. The zero-order valence-corrected chi connectivity index (χ0v) is 10.8. The molecular formula is C14H18ClNO. The lowest BCUT2D eigenvalue weighted by Gasteiger charge is -2.15. The number of alkyl halides is 1. The Hall–Kier alpha value is -0.990. The molecular weight excluding hydrogens is 234 g/mol. The summed E-state index contributed by atoms with van der Waals surface area (Å²) in [6.07, 6.45) is 4.94. The summed E-state index contributed by atoms with van der Waals surface area (Å²) < 4.78 is 5.34. The van der Waals surface area contributed by atoms with Gasteiger partial charge in [0.15, 0.2) is 0 Å². The molecule has 3 heteroatoms. The SMILES string of the molecule is CNC(CCCCl)Cc1ccc2occc2c1. The van der Waals surface area contributed by atoms with Crippen LogP contribution in [0.4, 0.5) is 0 Å². The fraction of sp³-hybridized carbons (Fsp3) is 0.429. The summed E-state index contributed by atoms with van der Waals surface area (Å²) in [5.74, 6) is 0.735. The Labute approximate surface area is 107 Å². The molecule has 0 saturated carbocycles. The van der Waals surface area contributed by atoms with Gasteiger partial charge in [0.05, 0.1) is 6.26 Å². The topological polar surface area (TPSA) is 25.2 Å². The first-order valence-corrected chi connectivity index (χ1v) is 6.56. The number of likely N-dealkylation sites (N-methyl/N-ethyl adjacent to an activating group) is 1. The van der Waals surface area contributed by atoms with Crippen LogP contribution in [0, 0.1) is 0 Å². The molecule has 1 aromatic carbocycles. The van der Waals surface area contributed by atoms with E-state index in [1.807, 2.05) is 19.2 Å². The van der Waals surface area contributed by atoms with Crippen molar-refractivity contribution in [2.75, 3.05) is 12.9 Å². The van der Waals surface area contributed by atoms with Crippen molar-refractivity contribution in [3.63, 3.8) is 0 Å². The third-order valence-electron chi connectivity index (χ3n) is 3.09. The minimum absolute atomic E-state index is 0.498. The van der Waals surface area contributed by atoms with Crippen LogP contribution in [0.25, 0.3) is 11.0 Å². The van der Waals surface area contributed by atoms with Crippen LogP contribution in [-0.2, 0) is 6.42 Å². The zero-order chi connectivity index (χ0) is 12.1. The molecule has 1 N–H and O–H groups in total. The number of furan rings is 1. The van der Waals surface area contributed by atoms with Gasteiger partial charge in [-0.1, -0.05) is 6.07 Å². The van der Waals surface area contributed by atoms with Crippen molar-refractivity contribution >= 4 is 22.6 Å². The highest BCUT2D eigenvalue weighted by atomic mass is 35.5. The van der Waals surface area contributed by atoms with Gasteiger partial charge in [-0.05, 0) is 50.1 Å². The smallest absolute Gasteiger partial charge is 0.133 e.